The van der Waals surface area contributed by atoms with Crippen LogP contribution < -0.4 is 16.0 Å². The first-order valence-corrected chi connectivity index (χ1v) is 9.62. The second kappa shape index (κ2) is 9.08. The molecule has 0 bridgehead atoms. The summed E-state index contributed by atoms with van der Waals surface area (Å²) in [6.45, 7) is 0.509. The molecule has 1 aliphatic rings. The SMILES string of the molecule is O=C(NCCNC(=O)c1ccc(Cl)cc1Cl)c1ccc(NC(=O)C2CC2)cc1. The third-order valence-corrected chi connectivity index (χ3v) is 4.78. The van der Waals surface area contributed by atoms with E-state index in [9.17, 15) is 14.4 Å². The fourth-order valence-electron chi connectivity index (χ4n) is 2.52. The van der Waals surface area contributed by atoms with E-state index in [2.05, 4.69) is 16.0 Å². The van der Waals surface area contributed by atoms with Crippen molar-refractivity contribution in [3.8, 4) is 0 Å². The van der Waals surface area contributed by atoms with Crippen LogP contribution >= 0.6 is 23.2 Å². The molecule has 6 nitrogen and oxygen atoms in total. The highest BCUT2D eigenvalue weighted by Gasteiger charge is 2.29. The lowest BCUT2D eigenvalue weighted by Crippen LogP contribution is -2.34. The van der Waals surface area contributed by atoms with Gasteiger partial charge in [-0.15, -0.1) is 0 Å². The molecule has 1 fully saturated rings. The smallest absolute Gasteiger partial charge is 0.252 e. The number of amides is 3. The van der Waals surface area contributed by atoms with Gasteiger partial charge in [-0.2, -0.15) is 0 Å². The predicted molar refractivity (Wildman–Crippen MR) is 109 cm³/mol. The number of benzene rings is 2. The number of hydrogen-bond acceptors (Lipinski definition) is 3. The maximum atomic E-state index is 12.2. The number of halogens is 2. The van der Waals surface area contributed by atoms with Crippen molar-refractivity contribution in [2.24, 2.45) is 5.92 Å². The number of anilines is 1. The van der Waals surface area contributed by atoms with Crippen molar-refractivity contribution in [2.45, 2.75) is 12.8 Å². The van der Waals surface area contributed by atoms with Crippen molar-refractivity contribution >= 4 is 46.6 Å². The van der Waals surface area contributed by atoms with Crippen LogP contribution in [-0.2, 0) is 4.79 Å². The number of nitrogens with one attached hydrogen (secondary N) is 3. The Kier molecular flexibility index (Phi) is 6.54. The average molecular weight is 420 g/mol. The molecule has 0 radical (unpaired) electrons. The van der Waals surface area contributed by atoms with Gasteiger partial charge in [0.15, 0.2) is 0 Å². The van der Waals surface area contributed by atoms with E-state index in [0.717, 1.165) is 12.8 Å². The Bertz CT molecular complexity index is 896. The van der Waals surface area contributed by atoms with Crippen molar-refractivity contribution in [1.82, 2.24) is 10.6 Å². The van der Waals surface area contributed by atoms with Crippen molar-refractivity contribution in [2.75, 3.05) is 18.4 Å². The van der Waals surface area contributed by atoms with Crippen LogP contribution in [0, 0.1) is 5.92 Å². The molecule has 146 valence electrons. The van der Waals surface area contributed by atoms with Gasteiger partial charge in [-0.3, -0.25) is 14.4 Å². The monoisotopic (exact) mass is 419 g/mol. The van der Waals surface area contributed by atoms with Crippen LogP contribution in [0.3, 0.4) is 0 Å². The van der Waals surface area contributed by atoms with E-state index < -0.39 is 0 Å². The zero-order valence-corrected chi connectivity index (χ0v) is 16.4. The highest BCUT2D eigenvalue weighted by molar-refractivity contribution is 6.36. The Labute approximate surface area is 172 Å². The summed E-state index contributed by atoms with van der Waals surface area (Å²) in [4.78, 5) is 36.0. The summed E-state index contributed by atoms with van der Waals surface area (Å²) in [6, 6.07) is 11.3. The molecule has 0 aliphatic heterocycles. The summed E-state index contributed by atoms with van der Waals surface area (Å²) < 4.78 is 0. The molecule has 0 heterocycles. The molecule has 0 unspecified atom stereocenters. The van der Waals surface area contributed by atoms with Crippen LogP contribution in [0.5, 0.6) is 0 Å². The normalized spacial score (nSPS) is 12.9. The Morgan fingerprint density at radius 1 is 0.893 bits per heavy atom. The lowest BCUT2D eigenvalue weighted by atomic mass is 10.2. The zero-order valence-electron chi connectivity index (χ0n) is 14.9. The van der Waals surface area contributed by atoms with Gasteiger partial charge in [-0.25, -0.2) is 0 Å². The summed E-state index contributed by atoms with van der Waals surface area (Å²) in [6.07, 6.45) is 1.88. The van der Waals surface area contributed by atoms with Gasteiger partial charge >= 0.3 is 0 Å². The van der Waals surface area contributed by atoms with Gasteiger partial charge in [-0.1, -0.05) is 23.2 Å². The Morgan fingerprint density at radius 2 is 1.54 bits per heavy atom. The van der Waals surface area contributed by atoms with Crippen LogP contribution in [-0.4, -0.2) is 30.8 Å². The number of carbonyl (C=O) groups excluding carboxylic acids is 3. The van der Waals surface area contributed by atoms with Gasteiger partial charge < -0.3 is 16.0 Å². The topological polar surface area (TPSA) is 87.3 Å². The fraction of sp³-hybridized carbons (Fsp3) is 0.250. The molecular formula is C20H19Cl2N3O3. The van der Waals surface area contributed by atoms with Crippen LogP contribution in [0.25, 0.3) is 0 Å². The molecule has 1 saturated carbocycles. The van der Waals surface area contributed by atoms with Gasteiger partial charge in [0.25, 0.3) is 11.8 Å². The molecule has 2 aromatic rings. The van der Waals surface area contributed by atoms with Crippen LogP contribution in [0.4, 0.5) is 5.69 Å². The number of rotatable bonds is 7. The molecule has 0 aromatic heterocycles. The second-order valence-corrected chi connectivity index (χ2v) is 7.32. The molecule has 28 heavy (non-hydrogen) atoms. The van der Waals surface area contributed by atoms with Crippen LogP contribution in [0.1, 0.15) is 33.6 Å². The molecule has 3 N–H and O–H groups in total. The van der Waals surface area contributed by atoms with E-state index in [1.54, 1.807) is 36.4 Å². The molecule has 1 aliphatic carbocycles. The maximum Gasteiger partial charge on any atom is 0.252 e. The van der Waals surface area contributed by atoms with Gasteiger partial charge in [-0.05, 0) is 55.3 Å². The molecule has 0 saturated heterocycles. The molecule has 2 aromatic carbocycles. The lowest BCUT2D eigenvalue weighted by molar-refractivity contribution is -0.117. The fourth-order valence-corrected chi connectivity index (χ4v) is 3.01. The summed E-state index contributed by atoms with van der Waals surface area (Å²) >= 11 is 11.8. The molecule has 3 amide bonds. The van der Waals surface area contributed by atoms with Crippen molar-refractivity contribution in [3.05, 3.63) is 63.6 Å². The van der Waals surface area contributed by atoms with E-state index in [1.807, 2.05) is 0 Å². The second-order valence-electron chi connectivity index (χ2n) is 6.48. The summed E-state index contributed by atoms with van der Waals surface area (Å²) in [5, 5.41) is 8.95. The lowest BCUT2D eigenvalue weighted by Gasteiger charge is -2.09. The van der Waals surface area contributed by atoms with Crippen molar-refractivity contribution in [1.29, 1.82) is 0 Å². The highest BCUT2D eigenvalue weighted by Crippen LogP contribution is 2.30. The first-order valence-electron chi connectivity index (χ1n) is 8.86. The number of hydrogen-bond donors (Lipinski definition) is 3. The minimum atomic E-state index is -0.341. The number of carbonyl (C=O) groups is 3. The summed E-state index contributed by atoms with van der Waals surface area (Å²) in [5.74, 6) is -0.458. The van der Waals surface area contributed by atoms with Crippen molar-refractivity contribution < 1.29 is 14.4 Å². The van der Waals surface area contributed by atoms with Gasteiger partial charge in [0.05, 0.1) is 10.6 Å². The Balaban J connectivity index is 1.42. The van der Waals surface area contributed by atoms with Gasteiger partial charge in [0, 0.05) is 35.3 Å². The van der Waals surface area contributed by atoms with Crippen molar-refractivity contribution in [3.63, 3.8) is 0 Å². The zero-order chi connectivity index (χ0) is 20.1. The molecular weight excluding hydrogens is 401 g/mol. The van der Waals surface area contributed by atoms with E-state index >= 15 is 0 Å². The summed E-state index contributed by atoms with van der Waals surface area (Å²) in [5.41, 5.74) is 1.46. The van der Waals surface area contributed by atoms with Gasteiger partial charge in [0.1, 0.15) is 0 Å². The van der Waals surface area contributed by atoms with Crippen LogP contribution in [0.2, 0.25) is 10.0 Å². The van der Waals surface area contributed by atoms with E-state index in [-0.39, 0.29) is 41.8 Å². The first kappa shape index (κ1) is 20.2. The third kappa shape index (κ3) is 5.47. The van der Waals surface area contributed by atoms with E-state index in [4.69, 9.17) is 23.2 Å². The molecule has 0 atom stereocenters. The standard InChI is InChI=1S/C20H19Cl2N3O3/c21-14-5-8-16(17(22)11-14)20(28)24-10-9-23-18(26)12-3-6-15(7-4-12)25-19(27)13-1-2-13/h3-8,11,13H,1-2,9-10H2,(H,23,26)(H,24,28)(H,25,27). The van der Waals surface area contributed by atoms with E-state index in [0.29, 0.717) is 21.8 Å². The minimum Gasteiger partial charge on any atom is -0.350 e. The molecule has 0 spiro atoms. The maximum absolute atomic E-state index is 12.2. The minimum absolute atomic E-state index is 0.0220. The Morgan fingerprint density at radius 3 is 2.14 bits per heavy atom. The largest absolute Gasteiger partial charge is 0.350 e. The molecule has 3 rings (SSSR count). The third-order valence-electron chi connectivity index (χ3n) is 4.23. The van der Waals surface area contributed by atoms with Gasteiger partial charge in [0.2, 0.25) is 5.91 Å². The predicted octanol–water partition coefficient (Wildman–Crippen LogP) is 3.50. The Hall–Kier alpha value is -2.57. The summed E-state index contributed by atoms with van der Waals surface area (Å²) in [7, 11) is 0. The molecule has 8 heteroatoms. The average Bonchev–Trinajstić information content (AvgIpc) is 3.51. The van der Waals surface area contributed by atoms with E-state index in [1.165, 1.54) is 6.07 Å². The first-order chi connectivity index (χ1) is 13.4. The van der Waals surface area contributed by atoms with Crippen LogP contribution in [0.15, 0.2) is 42.5 Å². The highest BCUT2D eigenvalue weighted by atomic mass is 35.5. The quantitative estimate of drug-likeness (QED) is 0.600.